The van der Waals surface area contributed by atoms with Gasteiger partial charge in [0.15, 0.2) is 0 Å². The molecule has 1 saturated carbocycles. The molecule has 3 aliphatic rings. The van der Waals surface area contributed by atoms with Crippen molar-refractivity contribution in [2.45, 2.75) is 82.6 Å². The minimum absolute atomic E-state index is 0.107. The monoisotopic (exact) mass is 504 g/mol. The first-order valence-electron chi connectivity index (χ1n) is 12.3. The van der Waals surface area contributed by atoms with Crippen molar-refractivity contribution >= 4 is 26.7 Å². The Morgan fingerprint density at radius 2 is 1.89 bits per heavy atom. The highest BCUT2D eigenvalue weighted by Crippen LogP contribution is 2.61. The second kappa shape index (κ2) is 9.36. The Bertz CT molecular complexity index is 982. The molecule has 0 spiro atoms. The van der Waals surface area contributed by atoms with Crippen LogP contribution >= 0.6 is 8.58 Å². The maximum atomic E-state index is 13.8. The molecule has 8 atom stereocenters. The number of rotatable bonds is 6. The number of ether oxygens (including phenoxy) is 3. The number of likely N-dealkylation sites (tertiary alicyclic amines) is 1. The van der Waals surface area contributed by atoms with Gasteiger partial charge in [-0.1, -0.05) is 45.8 Å². The highest BCUT2D eigenvalue weighted by atomic mass is 31.1. The predicted molar refractivity (Wildman–Crippen MR) is 133 cm³/mol. The number of methoxy groups -OCH3 is 1. The molecule has 3 amide bonds. The summed E-state index contributed by atoms with van der Waals surface area (Å²) in [5.41, 5.74) is 0.218. The third-order valence-corrected chi connectivity index (χ3v) is 9.04. The molecule has 1 aromatic rings. The van der Waals surface area contributed by atoms with Crippen molar-refractivity contribution in [2.24, 2.45) is 11.8 Å². The first kappa shape index (κ1) is 25.9. The largest absolute Gasteiger partial charge is 0.444 e. The Balaban J connectivity index is 1.59. The lowest BCUT2D eigenvalue weighted by Crippen LogP contribution is -2.59. The van der Waals surface area contributed by atoms with E-state index in [9.17, 15) is 14.4 Å². The molecule has 1 aromatic carbocycles. The number of carbonyl (C=O) groups is 3. The summed E-state index contributed by atoms with van der Waals surface area (Å²) in [4.78, 5) is 43.0. The van der Waals surface area contributed by atoms with Crippen LogP contribution in [0.3, 0.4) is 0 Å². The van der Waals surface area contributed by atoms with Gasteiger partial charge in [-0.15, -0.1) is 0 Å². The van der Waals surface area contributed by atoms with E-state index in [0.717, 1.165) is 18.4 Å². The first-order chi connectivity index (χ1) is 16.4. The van der Waals surface area contributed by atoms with Crippen LogP contribution in [0.2, 0.25) is 0 Å². The van der Waals surface area contributed by atoms with Crippen molar-refractivity contribution < 1.29 is 28.6 Å². The SMILES string of the molecule is CO[C@H]([C@@H](C)C(=O)N1C(=O)O[C@@H](c2ccccc2)[C@H]1C)[C@@]1(PC)C[C@@H]2C[C@@H]2N1C(=O)OC(C)(C)C. The van der Waals surface area contributed by atoms with Crippen LogP contribution in [0.1, 0.15) is 59.1 Å². The maximum absolute atomic E-state index is 13.8. The number of carbonyl (C=O) groups excluding carboxylic acids is 3. The molecular weight excluding hydrogens is 467 g/mol. The van der Waals surface area contributed by atoms with Crippen LogP contribution in [0.4, 0.5) is 9.59 Å². The van der Waals surface area contributed by atoms with E-state index in [1.165, 1.54) is 4.90 Å². The van der Waals surface area contributed by atoms with Crippen molar-refractivity contribution in [3.8, 4) is 0 Å². The zero-order valence-electron chi connectivity index (χ0n) is 21.6. The zero-order chi connectivity index (χ0) is 25.7. The summed E-state index contributed by atoms with van der Waals surface area (Å²) in [6, 6.07) is 9.08. The summed E-state index contributed by atoms with van der Waals surface area (Å²) in [5, 5.41) is -0.661. The van der Waals surface area contributed by atoms with Crippen LogP contribution in [0.15, 0.2) is 30.3 Å². The molecule has 8 nitrogen and oxygen atoms in total. The van der Waals surface area contributed by atoms with Gasteiger partial charge >= 0.3 is 12.2 Å². The van der Waals surface area contributed by atoms with Crippen LogP contribution in [0.25, 0.3) is 0 Å². The average molecular weight is 505 g/mol. The van der Waals surface area contributed by atoms with E-state index >= 15 is 0 Å². The lowest BCUT2D eigenvalue weighted by Gasteiger charge is -2.47. The molecule has 2 saturated heterocycles. The lowest BCUT2D eigenvalue weighted by molar-refractivity contribution is -0.140. The minimum Gasteiger partial charge on any atom is -0.444 e. The van der Waals surface area contributed by atoms with E-state index < -0.39 is 41.1 Å². The standard InChI is InChI=1S/C26H37N2O6P/c1-15(22(29)27-16(2)20(33-23(27)30)17-11-9-8-10-12-17)21(32-6)26(35-7)14-18-13-19(18)28(26)24(31)34-25(3,4)5/h8-12,15-16,18-21,35H,13-14H2,1-7H3/t15-,16-,18+,19+,20-,21-,26+/m1/s1. The van der Waals surface area contributed by atoms with E-state index in [1.54, 1.807) is 14.0 Å². The van der Waals surface area contributed by atoms with Gasteiger partial charge < -0.3 is 14.2 Å². The van der Waals surface area contributed by atoms with Gasteiger partial charge in [0.25, 0.3) is 0 Å². The molecule has 0 radical (unpaired) electrons. The third kappa shape index (κ3) is 4.55. The number of piperidine rings is 1. The van der Waals surface area contributed by atoms with Crippen LogP contribution in [-0.4, -0.2) is 70.7 Å². The Morgan fingerprint density at radius 1 is 1.23 bits per heavy atom. The molecule has 2 aliphatic heterocycles. The molecule has 1 unspecified atom stereocenters. The predicted octanol–water partition coefficient (Wildman–Crippen LogP) is 4.78. The van der Waals surface area contributed by atoms with Crippen molar-refractivity contribution in [1.29, 1.82) is 0 Å². The van der Waals surface area contributed by atoms with E-state index in [2.05, 4.69) is 0 Å². The number of hydrogen-bond donors (Lipinski definition) is 0. The minimum atomic E-state index is -0.667. The van der Waals surface area contributed by atoms with Crippen LogP contribution in [-0.2, 0) is 19.0 Å². The summed E-state index contributed by atoms with van der Waals surface area (Å²) in [7, 11) is 1.89. The fourth-order valence-electron chi connectivity index (χ4n) is 5.80. The lowest BCUT2D eigenvalue weighted by atomic mass is 9.91. The molecule has 9 heteroatoms. The Morgan fingerprint density at radius 3 is 2.46 bits per heavy atom. The van der Waals surface area contributed by atoms with E-state index in [1.807, 2.05) is 69.6 Å². The second-order valence-electron chi connectivity index (χ2n) is 10.9. The fourth-order valence-corrected chi connectivity index (χ4v) is 7.41. The van der Waals surface area contributed by atoms with Gasteiger partial charge in [0.05, 0.1) is 23.3 Å². The van der Waals surface area contributed by atoms with Crippen molar-refractivity contribution in [3.05, 3.63) is 35.9 Å². The smallest absolute Gasteiger partial charge is 0.417 e. The highest BCUT2D eigenvalue weighted by Gasteiger charge is 2.66. The van der Waals surface area contributed by atoms with Gasteiger partial charge in [-0.3, -0.25) is 9.69 Å². The number of nitrogens with zero attached hydrogens (tertiary/aromatic N) is 2. The van der Waals surface area contributed by atoms with Crippen LogP contribution in [0.5, 0.6) is 0 Å². The summed E-state index contributed by atoms with van der Waals surface area (Å²) in [6.07, 6.45) is -0.428. The Kier molecular flexibility index (Phi) is 6.93. The molecule has 4 rings (SSSR count). The molecule has 0 aromatic heterocycles. The van der Waals surface area contributed by atoms with Crippen LogP contribution < -0.4 is 0 Å². The van der Waals surface area contributed by atoms with E-state index in [4.69, 9.17) is 14.2 Å². The van der Waals surface area contributed by atoms with E-state index in [0.29, 0.717) is 14.5 Å². The van der Waals surface area contributed by atoms with Gasteiger partial charge in [0.1, 0.15) is 11.7 Å². The van der Waals surface area contributed by atoms with Crippen molar-refractivity contribution in [1.82, 2.24) is 9.80 Å². The molecule has 0 bridgehead atoms. The number of benzene rings is 1. The first-order valence-corrected chi connectivity index (χ1v) is 13.8. The molecule has 3 fully saturated rings. The highest BCUT2D eigenvalue weighted by molar-refractivity contribution is 7.39. The molecule has 0 N–H and O–H groups in total. The van der Waals surface area contributed by atoms with Crippen molar-refractivity contribution in [3.63, 3.8) is 0 Å². The summed E-state index contributed by atoms with van der Waals surface area (Å²) < 4.78 is 17.4. The zero-order valence-corrected chi connectivity index (χ0v) is 22.6. The average Bonchev–Trinajstić information content (AvgIpc) is 3.36. The molecule has 1 aliphatic carbocycles. The summed E-state index contributed by atoms with van der Waals surface area (Å²) in [5.74, 6) is -0.636. The van der Waals surface area contributed by atoms with Gasteiger partial charge in [-0.2, -0.15) is 0 Å². The molecule has 2 heterocycles. The molecule has 35 heavy (non-hydrogen) atoms. The van der Waals surface area contributed by atoms with E-state index in [-0.39, 0.29) is 18.0 Å². The van der Waals surface area contributed by atoms with Gasteiger partial charge in [0.2, 0.25) is 5.91 Å². The van der Waals surface area contributed by atoms with Gasteiger partial charge in [0, 0.05) is 13.2 Å². The number of amides is 3. The molecular formula is C26H37N2O6P. The Labute approximate surface area is 209 Å². The van der Waals surface area contributed by atoms with Gasteiger partial charge in [-0.05, 0) is 58.7 Å². The number of imide groups is 1. The van der Waals surface area contributed by atoms with Crippen LogP contribution in [0, 0.1) is 11.8 Å². The molecule has 192 valence electrons. The quantitative estimate of drug-likeness (QED) is 0.519. The summed E-state index contributed by atoms with van der Waals surface area (Å²) >= 11 is 0. The van der Waals surface area contributed by atoms with Crippen molar-refractivity contribution in [2.75, 3.05) is 13.8 Å². The third-order valence-electron chi connectivity index (χ3n) is 7.45. The summed E-state index contributed by atoms with van der Waals surface area (Å²) in [6.45, 7) is 11.2. The maximum Gasteiger partial charge on any atom is 0.417 e. The number of cyclic esters (lactones) is 1. The number of hydrogen-bond acceptors (Lipinski definition) is 6. The number of fused-ring (bicyclic) bond motifs is 1. The Hall–Kier alpha value is -2.18. The fraction of sp³-hybridized carbons (Fsp3) is 0.654. The normalized spacial score (nSPS) is 31.9. The van der Waals surface area contributed by atoms with Gasteiger partial charge in [-0.25, -0.2) is 14.5 Å². The topological polar surface area (TPSA) is 85.4 Å². The second-order valence-corrected chi connectivity index (χ2v) is 12.3.